The fourth-order valence-corrected chi connectivity index (χ4v) is 2.97. The maximum Gasteiger partial charge on any atom is 0.187 e. The Balaban J connectivity index is 1.94. The smallest absolute Gasteiger partial charge is 0.187 e. The lowest BCUT2D eigenvalue weighted by Gasteiger charge is -2.13. The number of hydrogen-bond acceptors (Lipinski definition) is 2. The van der Waals surface area contributed by atoms with Crippen molar-refractivity contribution in [2.45, 2.75) is 25.7 Å². The molecule has 0 N–H and O–H groups in total. The molecule has 0 atom stereocenters. The number of allylic oxidation sites excluding steroid dienone is 1. The molecule has 4 aliphatic rings. The first kappa shape index (κ1) is 15.5. The monoisotopic (exact) mass is 305 g/mol. The number of hydrogen-bond donors (Lipinski definition) is 0. The van der Waals surface area contributed by atoms with Gasteiger partial charge in [-0.15, -0.1) is 0 Å². The van der Waals surface area contributed by atoms with Crippen molar-refractivity contribution in [3.63, 3.8) is 0 Å². The third-order valence-corrected chi connectivity index (χ3v) is 4.37. The third kappa shape index (κ3) is 3.89. The van der Waals surface area contributed by atoms with Gasteiger partial charge in [0.1, 0.15) is 0 Å². The van der Waals surface area contributed by atoms with E-state index in [1.165, 1.54) is 16.7 Å². The average molecular weight is 305 g/mol. The maximum atomic E-state index is 12.6. The Morgan fingerprint density at radius 2 is 1.43 bits per heavy atom. The first-order chi connectivity index (χ1) is 11.1. The van der Waals surface area contributed by atoms with Crippen LogP contribution in [-0.4, -0.2) is 24.8 Å². The molecule has 2 heteroatoms. The normalized spacial score (nSPS) is 13.8. The summed E-state index contributed by atoms with van der Waals surface area (Å²) in [5, 5.41) is 0. The van der Waals surface area contributed by atoms with E-state index in [4.69, 9.17) is 0 Å². The van der Waals surface area contributed by atoms with Crippen molar-refractivity contribution in [2.75, 3.05) is 14.1 Å². The molecule has 0 radical (unpaired) electrons. The minimum Gasteiger partial charge on any atom is -0.383 e. The van der Waals surface area contributed by atoms with Gasteiger partial charge in [0.25, 0.3) is 0 Å². The van der Waals surface area contributed by atoms with Crippen LogP contribution in [0, 0.1) is 0 Å². The van der Waals surface area contributed by atoms with Gasteiger partial charge in [0.15, 0.2) is 5.78 Å². The van der Waals surface area contributed by atoms with Crippen LogP contribution in [0.3, 0.4) is 0 Å². The lowest BCUT2D eigenvalue weighted by atomic mass is 9.92. The second-order valence-electron chi connectivity index (χ2n) is 6.45. The predicted octanol–water partition coefficient (Wildman–Crippen LogP) is 3.83. The number of rotatable bonds is 3. The zero-order valence-corrected chi connectivity index (χ0v) is 13.9. The van der Waals surface area contributed by atoms with Crippen LogP contribution < -0.4 is 0 Å². The van der Waals surface area contributed by atoms with Crippen molar-refractivity contribution in [1.29, 1.82) is 0 Å². The number of carbonyl (C=O) groups excluding carboxylic acids is 1. The van der Waals surface area contributed by atoms with Crippen molar-refractivity contribution in [2.24, 2.45) is 0 Å². The molecular formula is C21H23NO. The van der Waals surface area contributed by atoms with E-state index in [9.17, 15) is 4.79 Å². The molecular weight excluding hydrogens is 282 g/mol. The van der Waals surface area contributed by atoms with Crippen molar-refractivity contribution < 1.29 is 4.79 Å². The summed E-state index contributed by atoms with van der Waals surface area (Å²) in [6.45, 7) is 0. The summed E-state index contributed by atoms with van der Waals surface area (Å²) >= 11 is 0. The lowest BCUT2D eigenvalue weighted by Crippen LogP contribution is -2.07. The van der Waals surface area contributed by atoms with E-state index in [1.54, 1.807) is 6.08 Å². The Kier molecular flexibility index (Phi) is 4.61. The van der Waals surface area contributed by atoms with E-state index in [2.05, 4.69) is 42.5 Å². The molecule has 0 saturated heterocycles. The van der Waals surface area contributed by atoms with Crippen molar-refractivity contribution >= 4 is 5.78 Å². The Morgan fingerprint density at radius 1 is 0.870 bits per heavy atom. The third-order valence-electron chi connectivity index (χ3n) is 4.37. The average Bonchev–Trinajstić information content (AvgIpc) is 2.55. The minimum absolute atomic E-state index is 0.0986. The van der Waals surface area contributed by atoms with Gasteiger partial charge in [-0.1, -0.05) is 36.4 Å². The molecule has 0 fully saturated rings. The van der Waals surface area contributed by atoms with Gasteiger partial charge < -0.3 is 4.90 Å². The van der Waals surface area contributed by atoms with Crippen LogP contribution in [0.25, 0.3) is 0 Å². The topological polar surface area (TPSA) is 20.3 Å². The van der Waals surface area contributed by atoms with Crippen LogP contribution >= 0.6 is 0 Å². The molecule has 2 aromatic carbocycles. The van der Waals surface area contributed by atoms with Gasteiger partial charge in [-0.3, -0.25) is 4.79 Å². The fourth-order valence-electron chi connectivity index (χ4n) is 2.97. The SMILES string of the molecule is CN(C)/C=C/C(=O)c1cc2ccc1CCc1ccc(cc1)CC2. The van der Waals surface area contributed by atoms with E-state index in [0.29, 0.717) is 0 Å². The quantitative estimate of drug-likeness (QED) is 0.634. The van der Waals surface area contributed by atoms with Gasteiger partial charge >= 0.3 is 0 Å². The van der Waals surface area contributed by atoms with E-state index in [1.807, 2.05) is 25.2 Å². The summed E-state index contributed by atoms with van der Waals surface area (Å²) in [7, 11) is 3.85. The van der Waals surface area contributed by atoms with E-state index < -0.39 is 0 Å². The van der Waals surface area contributed by atoms with E-state index in [-0.39, 0.29) is 5.78 Å². The second kappa shape index (κ2) is 6.82. The maximum absolute atomic E-state index is 12.6. The Bertz CT molecular complexity index is 726. The number of nitrogens with zero attached hydrogens (tertiary/aromatic N) is 1. The molecule has 0 saturated carbocycles. The van der Waals surface area contributed by atoms with Gasteiger partial charge in [-0.05, 0) is 54.0 Å². The van der Waals surface area contributed by atoms with Crippen LogP contribution in [0.4, 0.5) is 0 Å². The summed E-state index contributed by atoms with van der Waals surface area (Å²) in [4.78, 5) is 14.5. The summed E-state index contributed by atoms with van der Waals surface area (Å²) in [6, 6.07) is 15.3. The number of ketones is 1. The van der Waals surface area contributed by atoms with Crippen LogP contribution in [0.5, 0.6) is 0 Å². The summed E-state index contributed by atoms with van der Waals surface area (Å²) < 4.78 is 0. The first-order valence-corrected chi connectivity index (χ1v) is 8.20. The molecule has 4 aliphatic carbocycles. The van der Waals surface area contributed by atoms with Gasteiger partial charge in [-0.2, -0.15) is 0 Å². The highest BCUT2D eigenvalue weighted by Crippen LogP contribution is 2.20. The van der Waals surface area contributed by atoms with Crippen molar-refractivity contribution in [3.05, 3.63) is 82.6 Å². The van der Waals surface area contributed by atoms with Crippen molar-refractivity contribution in [1.82, 2.24) is 4.90 Å². The molecule has 0 aromatic heterocycles. The minimum atomic E-state index is 0.0986. The van der Waals surface area contributed by atoms with Crippen LogP contribution in [0.15, 0.2) is 54.7 Å². The summed E-state index contributed by atoms with van der Waals surface area (Å²) in [5.74, 6) is 0.0986. The Labute approximate surface area is 138 Å². The van der Waals surface area contributed by atoms with E-state index >= 15 is 0 Å². The first-order valence-electron chi connectivity index (χ1n) is 8.20. The summed E-state index contributed by atoms with van der Waals surface area (Å²) in [5.41, 5.74) is 5.93. The van der Waals surface area contributed by atoms with Gasteiger partial charge in [0, 0.05) is 31.9 Å². The highest BCUT2D eigenvalue weighted by atomic mass is 16.1. The van der Waals surface area contributed by atoms with Gasteiger partial charge in [0.05, 0.1) is 0 Å². The number of carbonyl (C=O) groups is 1. The number of benzene rings is 2. The molecule has 0 amide bonds. The predicted molar refractivity (Wildman–Crippen MR) is 94.9 cm³/mol. The molecule has 118 valence electrons. The molecule has 2 nitrogen and oxygen atoms in total. The Hall–Kier alpha value is -2.35. The molecule has 2 aromatic rings. The van der Waals surface area contributed by atoms with Crippen molar-refractivity contribution in [3.8, 4) is 0 Å². The van der Waals surface area contributed by atoms with Gasteiger partial charge in [0.2, 0.25) is 0 Å². The highest BCUT2D eigenvalue weighted by molar-refractivity contribution is 6.05. The molecule has 0 spiro atoms. The van der Waals surface area contributed by atoms with Gasteiger partial charge in [-0.25, -0.2) is 0 Å². The zero-order valence-electron chi connectivity index (χ0n) is 13.9. The second-order valence-corrected chi connectivity index (χ2v) is 6.45. The Morgan fingerprint density at radius 3 is 2.09 bits per heavy atom. The number of aryl methyl sites for hydroxylation is 4. The highest BCUT2D eigenvalue weighted by Gasteiger charge is 2.12. The largest absolute Gasteiger partial charge is 0.383 e. The zero-order chi connectivity index (χ0) is 16.2. The summed E-state index contributed by atoms with van der Waals surface area (Å²) in [6.07, 6.45) is 7.34. The van der Waals surface area contributed by atoms with Crippen LogP contribution in [-0.2, 0) is 25.7 Å². The standard InChI is InChI=1S/C21H23NO/c1-22(2)14-13-21(23)20-15-18-8-7-16-3-5-17(6-4-16)9-11-19(20)12-10-18/h3-6,10,12-15H,7-9,11H2,1-2H3/b14-13+. The molecule has 0 heterocycles. The van der Waals surface area contributed by atoms with E-state index in [0.717, 1.165) is 36.8 Å². The van der Waals surface area contributed by atoms with Crippen LogP contribution in [0.1, 0.15) is 32.6 Å². The molecule has 23 heavy (non-hydrogen) atoms. The van der Waals surface area contributed by atoms with Crippen LogP contribution in [0.2, 0.25) is 0 Å². The molecule has 0 unspecified atom stereocenters. The lowest BCUT2D eigenvalue weighted by molar-refractivity contribution is 0.104. The molecule has 4 bridgehead atoms. The fraction of sp³-hybridized carbons (Fsp3) is 0.286. The molecule has 6 rings (SSSR count). The molecule has 0 aliphatic heterocycles.